The average Bonchev–Trinajstić information content (AvgIpc) is 2.44. The minimum atomic E-state index is -3.54. The molecule has 0 atom stereocenters. The Morgan fingerprint density at radius 3 is 2.35 bits per heavy atom. The van der Waals surface area contributed by atoms with Gasteiger partial charge in [-0.05, 0) is 12.1 Å². The standard InChI is InChI=1S/C10H14N2O4S/c1-7(13)9-5-4-8(12(9)2)6-10(14)11-17(3,15)16/h4-5H,6H2,1-3H3,(H,11,14). The number of rotatable bonds is 4. The molecule has 0 aliphatic rings. The third-order valence-corrected chi connectivity index (χ3v) is 2.83. The van der Waals surface area contributed by atoms with Gasteiger partial charge in [0.25, 0.3) is 0 Å². The van der Waals surface area contributed by atoms with Crippen LogP contribution in [0.15, 0.2) is 12.1 Å². The zero-order valence-corrected chi connectivity index (χ0v) is 10.7. The van der Waals surface area contributed by atoms with Crippen LogP contribution < -0.4 is 4.72 Å². The number of carbonyl (C=O) groups excluding carboxylic acids is 2. The number of hydrogen-bond donors (Lipinski definition) is 1. The largest absolute Gasteiger partial charge is 0.345 e. The van der Waals surface area contributed by atoms with E-state index in [-0.39, 0.29) is 12.2 Å². The molecule has 0 aliphatic heterocycles. The molecule has 17 heavy (non-hydrogen) atoms. The van der Waals surface area contributed by atoms with E-state index in [1.165, 1.54) is 6.92 Å². The van der Waals surface area contributed by atoms with Crippen molar-refractivity contribution >= 4 is 21.7 Å². The van der Waals surface area contributed by atoms with Crippen molar-refractivity contribution in [2.75, 3.05) is 6.26 Å². The molecule has 94 valence electrons. The molecule has 0 saturated carbocycles. The number of Topliss-reactive ketones (excluding diaryl/α,β-unsaturated/α-hetero) is 1. The number of ketones is 1. The second kappa shape index (κ2) is 4.70. The van der Waals surface area contributed by atoms with Crippen molar-refractivity contribution < 1.29 is 18.0 Å². The number of carbonyl (C=O) groups is 2. The molecule has 0 radical (unpaired) electrons. The van der Waals surface area contributed by atoms with Crippen LogP contribution in [0, 0.1) is 0 Å². The lowest BCUT2D eigenvalue weighted by Gasteiger charge is -2.06. The third kappa shape index (κ3) is 3.70. The van der Waals surface area contributed by atoms with Crippen LogP contribution in [0.2, 0.25) is 0 Å². The lowest BCUT2D eigenvalue weighted by molar-refractivity contribution is -0.118. The van der Waals surface area contributed by atoms with Crippen LogP contribution in [0.4, 0.5) is 0 Å². The molecular weight excluding hydrogens is 244 g/mol. The SMILES string of the molecule is CC(=O)c1ccc(CC(=O)NS(C)(=O)=O)n1C. The van der Waals surface area contributed by atoms with Crippen molar-refractivity contribution in [2.45, 2.75) is 13.3 Å². The molecular formula is C10H14N2O4S. The first-order valence-corrected chi connectivity index (χ1v) is 6.76. The maximum atomic E-state index is 11.4. The van der Waals surface area contributed by atoms with Crippen LogP contribution in [0.1, 0.15) is 23.1 Å². The minimum absolute atomic E-state index is 0.0865. The fraction of sp³-hybridized carbons (Fsp3) is 0.400. The first kappa shape index (κ1) is 13.4. The first-order chi connectivity index (χ1) is 7.70. The van der Waals surface area contributed by atoms with E-state index in [2.05, 4.69) is 0 Å². The highest BCUT2D eigenvalue weighted by Crippen LogP contribution is 2.08. The van der Waals surface area contributed by atoms with Crippen molar-refractivity contribution in [1.29, 1.82) is 0 Å². The first-order valence-electron chi connectivity index (χ1n) is 4.87. The van der Waals surface area contributed by atoms with Gasteiger partial charge in [-0.2, -0.15) is 0 Å². The summed E-state index contributed by atoms with van der Waals surface area (Å²) >= 11 is 0. The van der Waals surface area contributed by atoms with Crippen LogP contribution in [0.25, 0.3) is 0 Å². The molecule has 0 saturated heterocycles. The lowest BCUT2D eigenvalue weighted by Crippen LogP contribution is -2.31. The number of aromatic nitrogens is 1. The Morgan fingerprint density at radius 2 is 1.94 bits per heavy atom. The molecule has 1 heterocycles. The quantitative estimate of drug-likeness (QED) is 0.761. The maximum absolute atomic E-state index is 11.4. The van der Waals surface area contributed by atoms with Crippen molar-refractivity contribution in [1.82, 2.24) is 9.29 Å². The van der Waals surface area contributed by atoms with E-state index in [9.17, 15) is 18.0 Å². The van der Waals surface area contributed by atoms with Crippen LogP contribution >= 0.6 is 0 Å². The Bertz CT molecular complexity index is 557. The van der Waals surface area contributed by atoms with Gasteiger partial charge in [0.2, 0.25) is 15.9 Å². The highest BCUT2D eigenvalue weighted by atomic mass is 32.2. The molecule has 1 amide bonds. The molecule has 0 bridgehead atoms. The second-order valence-corrected chi connectivity index (χ2v) is 5.55. The number of nitrogens with one attached hydrogen (secondary N) is 1. The van der Waals surface area contributed by atoms with Crippen molar-refractivity contribution in [3.8, 4) is 0 Å². The summed E-state index contributed by atoms with van der Waals surface area (Å²) in [6.07, 6.45) is 0.827. The summed E-state index contributed by atoms with van der Waals surface area (Å²) in [5.41, 5.74) is 1.06. The van der Waals surface area contributed by atoms with Gasteiger partial charge in [0.1, 0.15) is 0 Å². The van der Waals surface area contributed by atoms with Gasteiger partial charge < -0.3 is 4.57 Å². The topological polar surface area (TPSA) is 85.2 Å². The smallest absolute Gasteiger partial charge is 0.239 e. The van der Waals surface area contributed by atoms with Crippen LogP contribution in [0.5, 0.6) is 0 Å². The predicted octanol–water partition coefficient (Wildman–Crippen LogP) is -0.154. The van der Waals surface area contributed by atoms with E-state index >= 15 is 0 Å². The molecule has 0 unspecified atom stereocenters. The van der Waals surface area contributed by atoms with Crippen LogP contribution in [-0.2, 0) is 28.3 Å². The molecule has 6 nitrogen and oxygen atoms in total. The molecule has 0 spiro atoms. The maximum Gasteiger partial charge on any atom is 0.239 e. The monoisotopic (exact) mass is 258 g/mol. The van der Waals surface area contributed by atoms with Gasteiger partial charge in [-0.3, -0.25) is 14.3 Å². The van der Waals surface area contributed by atoms with E-state index in [0.29, 0.717) is 11.4 Å². The van der Waals surface area contributed by atoms with Gasteiger partial charge in [-0.25, -0.2) is 8.42 Å². The molecule has 0 aromatic carbocycles. The number of amides is 1. The van der Waals surface area contributed by atoms with Crippen LogP contribution in [-0.4, -0.2) is 30.9 Å². The fourth-order valence-corrected chi connectivity index (χ4v) is 1.98. The Morgan fingerprint density at radius 1 is 1.35 bits per heavy atom. The zero-order chi connectivity index (χ0) is 13.2. The van der Waals surface area contributed by atoms with Crippen molar-refractivity contribution in [3.05, 3.63) is 23.5 Å². The Hall–Kier alpha value is -1.63. The minimum Gasteiger partial charge on any atom is -0.345 e. The highest BCUT2D eigenvalue weighted by molar-refractivity contribution is 7.89. The van der Waals surface area contributed by atoms with Gasteiger partial charge >= 0.3 is 0 Å². The van der Waals surface area contributed by atoms with E-state index in [0.717, 1.165) is 6.26 Å². The van der Waals surface area contributed by atoms with Gasteiger partial charge in [0.15, 0.2) is 5.78 Å². The van der Waals surface area contributed by atoms with Crippen LogP contribution in [0.3, 0.4) is 0 Å². The Kier molecular flexibility index (Phi) is 3.72. The summed E-state index contributed by atoms with van der Waals surface area (Å²) in [6, 6.07) is 3.23. The number of sulfonamides is 1. The predicted molar refractivity (Wildman–Crippen MR) is 62.1 cm³/mol. The van der Waals surface area contributed by atoms with Gasteiger partial charge in [-0.1, -0.05) is 0 Å². The van der Waals surface area contributed by atoms with Gasteiger partial charge in [0, 0.05) is 19.7 Å². The van der Waals surface area contributed by atoms with Gasteiger partial charge in [-0.15, -0.1) is 0 Å². The van der Waals surface area contributed by atoms with E-state index in [1.54, 1.807) is 23.7 Å². The van der Waals surface area contributed by atoms with Crippen molar-refractivity contribution in [3.63, 3.8) is 0 Å². The number of nitrogens with zero attached hydrogens (tertiary/aromatic N) is 1. The Labute approximate surface area is 99.7 Å². The Balaban J connectivity index is 2.83. The lowest BCUT2D eigenvalue weighted by atomic mass is 10.3. The summed E-state index contributed by atoms with van der Waals surface area (Å²) in [6.45, 7) is 1.43. The summed E-state index contributed by atoms with van der Waals surface area (Å²) < 4.78 is 25.1. The zero-order valence-electron chi connectivity index (χ0n) is 9.85. The molecule has 1 rings (SSSR count). The second-order valence-electron chi connectivity index (χ2n) is 3.80. The molecule has 1 aromatic heterocycles. The molecule has 0 aliphatic carbocycles. The van der Waals surface area contributed by atoms with Gasteiger partial charge in [0.05, 0.1) is 18.4 Å². The van der Waals surface area contributed by atoms with E-state index in [1.807, 2.05) is 4.72 Å². The molecule has 1 aromatic rings. The molecule has 1 N–H and O–H groups in total. The summed E-state index contributed by atoms with van der Waals surface area (Å²) in [5, 5.41) is 0. The van der Waals surface area contributed by atoms with E-state index < -0.39 is 15.9 Å². The fourth-order valence-electron chi connectivity index (χ4n) is 1.49. The molecule has 0 fully saturated rings. The van der Waals surface area contributed by atoms with E-state index in [4.69, 9.17) is 0 Å². The third-order valence-electron chi connectivity index (χ3n) is 2.23. The molecule has 7 heteroatoms. The summed E-state index contributed by atoms with van der Waals surface area (Å²) in [4.78, 5) is 22.5. The van der Waals surface area contributed by atoms with Crippen molar-refractivity contribution in [2.24, 2.45) is 7.05 Å². The summed E-state index contributed by atoms with van der Waals surface area (Å²) in [7, 11) is -1.89. The average molecular weight is 258 g/mol. The summed E-state index contributed by atoms with van der Waals surface area (Å²) in [5.74, 6) is -0.730. The normalized spacial score (nSPS) is 11.2. The highest BCUT2D eigenvalue weighted by Gasteiger charge is 2.13. The number of hydrogen-bond acceptors (Lipinski definition) is 4.